The maximum Gasteiger partial charge on any atom is 0.234 e. The summed E-state index contributed by atoms with van der Waals surface area (Å²) in [6, 6.07) is 0.337. The van der Waals surface area contributed by atoms with Crippen LogP contribution in [0.3, 0.4) is 0 Å². The van der Waals surface area contributed by atoms with Gasteiger partial charge >= 0.3 is 0 Å². The molecular weight excluding hydrogens is 176 g/mol. The first kappa shape index (κ1) is 11.5. The highest BCUT2D eigenvalue weighted by Gasteiger charge is 2.33. The zero-order valence-corrected chi connectivity index (χ0v) is 9.66. The van der Waals surface area contributed by atoms with E-state index in [1.807, 2.05) is 6.92 Å². The van der Waals surface area contributed by atoms with Gasteiger partial charge in [-0.15, -0.1) is 0 Å². The summed E-state index contributed by atoms with van der Waals surface area (Å²) >= 11 is 0. The van der Waals surface area contributed by atoms with Crippen molar-refractivity contribution in [2.75, 3.05) is 6.54 Å². The van der Waals surface area contributed by atoms with Crippen molar-refractivity contribution < 1.29 is 4.79 Å². The van der Waals surface area contributed by atoms with Gasteiger partial charge in [0, 0.05) is 12.6 Å². The van der Waals surface area contributed by atoms with Gasteiger partial charge in [0.25, 0.3) is 0 Å². The first-order valence-electron chi connectivity index (χ1n) is 5.48. The lowest BCUT2D eigenvalue weighted by molar-refractivity contribution is -0.125. The van der Waals surface area contributed by atoms with Crippen LogP contribution < -0.4 is 5.73 Å². The lowest BCUT2D eigenvalue weighted by atomic mass is 9.85. The largest absolute Gasteiger partial charge is 0.368 e. The molecular formula is C11H22N2O. The van der Waals surface area contributed by atoms with Crippen LogP contribution in [-0.2, 0) is 4.79 Å². The van der Waals surface area contributed by atoms with Gasteiger partial charge < -0.3 is 5.73 Å². The lowest BCUT2D eigenvalue weighted by Gasteiger charge is -2.43. The van der Waals surface area contributed by atoms with E-state index in [1.165, 1.54) is 6.42 Å². The van der Waals surface area contributed by atoms with Gasteiger partial charge in [-0.05, 0) is 32.1 Å². The minimum absolute atomic E-state index is 0.129. The fourth-order valence-corrected chi connectivity index (χ4v) is 2.43. The minimum atomic E-state index is -0.210. The second-order valence-corrected chi connectivity index (χ2v) is 4.83. The number of hydrogen-bond acceptors (Lipinski definition) is 2. The second-order valence-electron chi connectivity index (χ2n) is 4.83. The molecule has 14 heavy (non-hydrogen) atoms. The minimum Gasteiger partial charge on any atom is -0.368 e. The number of hydrogen-bond donors (Lipinski definition) is 1. The molecule has 3 heteroatoms. The number of carbonyl (C=O) groups is 1. The van der Waals surface area contributed by atoms with E-state index in [2.05, 4.69) is 25.7 Å². The zero-order valence-electron chi connectivity index (χ0n) is 9.66. The molecule has 0 aromatic rings. The van der Waals surface area contributed by atoms with Crippen molar-refractivity contribution in [2.45, 2.75) is 46.2 Å². The van der Waals surface area contributed by atoms with Crippen molar-refractivity contribution in [2.24, 2.45) is 17.6 Å². The molecule has 0 aliphatic carbocycles. The number of amides is 1. The Balaban J connectivity index is 2.70. The molecule has 1 rings (SSSR count). The van der Waals surface area contributed by atoms with E-state index in [-0.39, 0.29) is 11.9 Å². The van der Waals surface area contributed by atoms with Gasteiger partial charge in [-0.1, -0.05) is 13.8 Å². The van der Waals surface area contributed by atoms with E-state index in [9.17, 15) is 4.79 Å². The average Bonchev–Trinajstić information content (AvgIpc) is 2.09. The zero-order chi connectivity index (χ0) is 10.9. The summed E-state index contributed by atoms with van der Waals surface area (Å²) in [4.78, 5) is 13.4. The molecule has 0 aromatic carbocycles. The number of nitrogens with zero attached hydrogens (tertiary/aromatic N) is 1. The summed E-state index contributed by atoms with van der Waals surface area (Å²) in [6.07, 6.45) is 1.25. The standard InChI is InChI=1S/C11H22N2O/c1-7-5-8(2)9(3)13(6-7)10(4)11(12)14/h7-10H,5-6H2,1-4H3,(H2,12,14). The van der Waals surface area contributed by atoms with Gasteiger partial charge in [-0.3, -0.25) is 9.69 Å². The third-order valence-electron chi connectivity index (χ3n) is 3.55. The lowest BCUT2D eigenvalue weighted by Crippen LogP contribution is -2.53. The van der Waals surface area contributed by atoms with Crippen LogP contribution in [0.1, 0.15) is 34.1 Å². The molecule has 0 bridgehead atoms. The van der Waals surface area contributed by atoms with Gasteiger partial charge in [0.2, 0.25) is 5.91 Å². The molecule has 0 saturated carbocycles. The van der Waals surface area contributed by atoms with Crippen molar-refractivity contribution in [3.8, 4) is 0 Å². The number of rotatable bonds is 2. The molecule has 1 amide bonds. The van der Waals surface area contributed by atoms with E-state index in [1.54, 1.807) is 0 Å². The van der Waals surface area contributed by atoms with Gasteiger partial charge in [0.15, 0.2) is 0 Å². The van der Waals surface area contributed by atoms with E-state index in [0.717, 1.165) is 6.54 Å². The van der Waals surface area contributed by atoms with Crippen LogP contribution in [0.4, 0.5) is 0 Å². The fraction of sp³-hybridized carbons (Fsp3) is 0.909. The number of carbonyl (C=O) groups excluding carboxylic acids is 1. The normalized spacial score (nSPS) is 36.7. The summed E-state index contributed by atoms with van der Waals surface area (Å²) < 4.78 is 0. The Labute approximate surface area is 86.6 Å². The predicted molar refractivity (Wildman–Crippen MR) is 57.8 cm³/mol. The second kappa shape index (κ2) is 4.30. The molecule has 2 N–H and O–H groups in total. The van der Waals surface area contributed by atoms with E-state index >= 15 is 0 Å². The van der Waals surface area contributed by atoms with E-state index in [0.29, 0.717) is 17.9 Å². The molecule has 4 atom stereocenters. The van der Waals surface area contributed by atoms with Crippen molar-refractivity contribution in [3.63, 3.8) is 0 Å². The highest BCUT2D eigenvalue weighted by atomic mass is 16.1. The summed E-state index contributed by atoms with van der Waals surface area (Å²) in [7, 11) is 0. The molecule has 1 aliphatic heterocycles. The number of primary amides is 1. The average molecular weight is 198 g/mol. The van der Waals surface area contributed by atoms with Crippen molar-refractivity contribution in [1.82, 2.24) is 4.90 Å². The Hall–Kier alpha value is -0.570. The monoisotopic (exact) mass is 198 g/mol. The van der Waals surface area contributed by atoms with Crippen molar-refractivity contribution >= 4 is 5.91 Å². The Bertz CT molecular complexity index is 217. The van der Waals surface area contributed by atoms with Crippen LogP contribution in [0, 0.1) is 11.8 Å². The summed E-state index contributed by atoms with van der Waals surface area (Å²) in [6.45, 7) is 9.58. The molecule has 1 saturated heterocycles. The highest BCUT2D eigenvalue weighted by Crippen LogP contribution is 2.28. The smallest absolute Gasteiger partial charge is 0.234 e. The van der Waals surface area contributed by atoms with Crippen LogP contribution in [0.25, 0.3) is 0 Å². The quantitative estimate of drug-likeness (QED) is 0.725. The highest BCUT2D eigenvalue weighted by molar-refractivity contribution is 5.79. The molecule has 0 radical (unpaired) electrons. The molecule has 3 nitrogen and oxygen atoms in total. The van der Waals surface area contributed by atoms with E-state index < -0.39 is 0 Å². The maximum atomic E-state index is 11.1. The van der Waals surface area contributed by atoms with Crippen LogP contribution in [-0.4, -0.2) is 29.4 Å². The Morgan fingerprint density at radius 3 is 2.50 bits per heavy atom. The molecule has 0 spiro atoms. The van der Waals surface area contributed by atoms with Crippen LogP contribution in [0.5, 0.6) is 0 Å². The van der Waals surface area contributed by atoms with Crippen molar-refractivity contribution in [3.05, 3.63) is 0 Å². The maximum absolute atomic E-state index is 11.1. The Kier molecular flexibility index (Phi) is 3.53. The first-order chi connectivity index (χ1) is 6.43. The Morgan fingerprint density at radius 1 is 1.43 bits per heavy atom. The SMILES string of the molecule is CC1CC(C)C(C)N(C(C)C(N)=O)C1. The molecule has 1 aliphatic rings. The third kappa shape index (κ3) is 2.27. The van der Waals surface area contributed by atoms with Gasteiger partial charge in [-0.25, -0.2) is 0 Å². The number of nitrogens with two attached hydrogens (primary N) is 1. The number of likely N-dealkylation sites (tertiary alicyclic amines) is 1. The summed E-state index contributed by atoms with van der Waals surface area (Å²) in [5.74, 6) is 1.11. The third-order valence-corrected chi connectivity index (χ3v) is 3.55. The van der Waals surface area contributed by atoms with Gasteiger partial charge in [0.1, 0.15) is 0 Å². The Morgan fingerprint density at radius 2 is 2.00 bits per heavy atom. The van der Waals surface area contributed by atoms with Crippen LogP contribution >= 0.6 is 0 Å². The van der Waals surface area contributed by atoms with Gasteiger partial charge in [-0.2, -0.15) is 0 Å². The van der Waals surface area contributed by atoms with Crippen LogP contribution in [0.2, 0.25) is 0 Å². The van der Waals surface area contributed by atoms with Gasteiger partial charge in [0.05, 0.1) is 6.04 Å². The fourth-order valence-electron chi connectivity index (χ4n) is 2.43. The van der Waals surface area contributed by atoms with Crippen LogP contribution in [0.15, 0.2) is 0 Å². The number of piperidine rings is 1. The van der Waals surface area contributed by atoms with E-state index in [4.69, 9.17) is 5.73 Å². The molecule has 4 unspecified atom stereocenters. The predicted octanol–water partition coefficient (Wildman–Crippen LogP) is 1.23. The van der Waals surface area contributed by atoms with Crippen molar-refractivity contribution in [1.29, 1.82) is 0 Å². The first-order valence-corrected chi connectivity index (χ1v) is 5.48. The topological polar surface area (TPSA) is 46.3 Å². The summed E-state index contributed by atoms with van der Waals surface area (Å²) in [5, 5.41) is 0. The molecule has 82 valence electrons. The molecule has 0 aromatic heterocycles. The molecule has 1 fully saturated rings. The molecule has 1 heterocycles. The summed E-state index contributed by atoms with van der Waals surface area (Å²) in [5.41, 5.74) is 5.34.